The molecule has 1 N–H and O–H groups in total. The molecule has 4 heteroatoms. The van der Waals surface area contributed by atoms with Gasteiger partial charge < -0.3 is 5.32 Å². The molecule has 23 heavy (non-hydrogen) atoms. The summed E-state index contributed by atoms with van der Waals surface area (Å²) in [6.45, 7) is 4.21. The summed E-state index contributed by atoms with van der Waals surface area (Å²) in [5.74, 6) is 0.0437. The molecule has 0 bridgehead atoms. The Morgan fingerprint density at radius 3 is 2.57 bits per heavy atom. The number of hydrogen-bond donors (Lipinski definition) is 1. The highest BCUT2D eigenvalue weighted by atomic mass is 32.2. The lowest BCUT2D eigenvalue weighted by atomic mass is 10.0. The predicted molar refractivity (Wildman–Crippen MR) is 97.3 cm³/mol. The Morgan fingerprint density at radius 2 is 1.87 bits per heavy atom. The fraction of sp³-hybridized carbons (Fsp3) is 0.263. The number of carbonyl (C=O) groups excluding carboxylic acids is 1. The van der Waals surface area contributed by atoms with Gasteiger partial charge in [0.15, 0.2) is 5.17 Å². The number of amidine groups is 1. The van der Waals surface area contributed by atoms with E-state index in [1.807, 2.05) is 24.3 Å². The molecule has 1 aliphatic heterocycles. The van der Waals surface area contributed by atoms with E-state index >= 15 is 0 Å². The van der Waals surface area contributed by atoms with Crippen molar-refractivity contribution in [3.8, 4) is 0 Å². The van der Waals surface area contributed by atoms with Crippen molar-refractivity contribution < 1.29 is 4.79 Å². The molecule has 1 aliphatic rings. The molecule has 0 radical (unpaired) electrons. The molecule has 0 spiro atoms. The minimum Gasteiger partial charge on any atom is -0.304 e. The Bertz CT molecular complexity index is 737. The second-order valence-corrected chi connectivity index (χ2v) is 6.85. The minimum absolute atomic E-state index is 0.0437. The van der Waals surface area contributed by atoms with Crippen molar-refractivity contribution >= 4 is 28.5 Å². The molecule has 1 amide bonds. The van der Waals surface area contributed by atoms with Crippen molar-refractivity contribution in [1.82, 2.24) is 5.32 Å². The van der Waals surface area contributed by atoms with E-state index in [9.17, 15) is 4.79 Å². The molecule has 0 aliphatic carbocycles. The van der Waals surface area contributed by atoms with Crippen LogP contribution in [0.1, 0.15) is 23.6 Å². The first-order valence-electron chi connectivity index (χ1n) is 7.85. The fourth-order valence-corrected chi connectivity index (χ4v) is 3.57. The number of hydrogen-bond acceptors (Lipinski definition) is 3. The van der Waals surface area contributed by atoms with Crippen molar-refractivity contribution in [3.05, 3.63) is 65.2 Å². The topological polar surface area (TPSA) is 41.5 Å². The van der Waals surface area contributed by atoms with E-state index < -0.39 is 0 Å². The number of aryl methyl sites for hydroxylation is 2. The number of thioether (sulfide) groups is 1. The number of rotatable bonds is 4. The van der Waals surface area contributed by atoms with Gasteiger partial charge in [-0.05, 0) is 48.6 Å². The van der Waals surface area contributed by atoms with Crippen molar-refractivity contribution in [1.29, 1.82) is 0 Å². The first-order valence-corrected chi connectivity index (χ1v) is 8.73. The van der Waals surface area contributed by atoms with Crippen LogP contribution in [0.2, 0.25) is 0 Å². The minimum atomic E-state index is -0.107. The number of nitrogens with zero attached hydrogens (tertiary/aromatic N) is 1. The number of amides is 1. The molecule has 2 aromatic carbocycles. The van der Waals surface area contributed by atoms with Crippen molar-refractivity contribution in [2.75, 3.05) is 0 Å². The average molecular weight is 324 g/mol. The molecule has 1 unspecified atom stereocenters. The highest BCUT2D eigenvalue weighted by molar-refractivity contribution is 8.15. The lowest BCUT2D eigenvalue weighted by molar-refractivity contribution is -0.118. The van der Waals surface area contributed by atoms with Gasteiger partial charge in [-0.25, -0.2) is 4.99 Å². The van der Waals surface area contributed by atoms with Crippen LogP contribution < -0.4 is 5.32 Å². The van der Waals surface area contributed by atoms with Crippen LogP contribution in [0, 0.1) is 6.92 Å². The molecule has 0 aromatic heterocycles. The lowest BCUT2D eigenvalue weighted by Crippen LogP contribution is -2.26. The van der Waals surface area contributed by atoms with Gasteiger partial charge in [0.25, 0.3) is 0 Å². The quantitative estimate of drug-likeness (QED) is 0.923. The van der Waals surface area contributed by atoms with Crippen LogP contribution in [-0.4, -0.2) is 16.3 Å². The number of carbonyl (C=O) groups is 1. The largest absolute Gasteiger partial charge is 0.304 e. The van der Waals surface area contributed by atoms with Crippen LogP contribution >= 0.6 is 11.8 Å². The maximum absolute atomic E-state index is 12.2. The molecular weight excluding hydrogens is 304 g/mol. The van der Waals surface area contributed by atoms with E-state index in [0.29, 0.717) is 5.17 Å². The Labute approximate surface area is 141 Å². The van der Waals surface area contributed by atoms with Crippen molar-refractivity contribution in [2.45, 2.75) is 31.9 Å². The first kappa shape index (κ1) is 15.8. The summed E-state index contributed by atoms with van der Waals surface area (Å²) in [7, 11) is 0. The normalized spacial score (nSPS) is 19.1. The van der Waals surface area contributed by atoms with Crippen molar-refractivity contribution in [2.24, 2.45) is 4.99 Å². The lowest BCUT2D eigenvalue weighted by Gasteiger charge is -2.08. The molecule has 3 nitrogen and oxygen atoms in total. The number of nitrogens with one attached hydrogen (secondary N) is 1. The van der Waals surface area contributed by atoms with Gasteiger partial charge in [0.2, 0.25) is 5.91 Å². The zero-order valence-corrected chi connectivity index (χ0v) is 14.2. The van der Waals surface area contributed by atoms with Crippen LogP contribution in [0.3, 0.4) is 0 Å². The number of aliphatic imine (C=N–C) groups is 1. The van der Waals surface area contributed by atoms with Gasteiger partial charge in [-0.2, -0.15) is 0 Å². The molecule has 118 valence electrons. The zero-order chi connectivity index (χ0) is 16.2. The molecule has 1 saturated heterocycles. The van der Waals surface area contributed by atoms with E-state index in [4.69, 9.17) is 0 Å². The maximum atomic E-state index is 12.2. The van der Waals surface area contributed by atoms with Gasteiger partial charge in [-0.15, -0.1) is 0 Å². The van der Waals surface area contributed by atoms with Gasteiger partial charge in [0.05, 0.1) is 10.9 Å². The monoisotopic (exact) mass is 324 g/mol. The van der Waals surface area contributed by atoms with Gasteiger partial charge in [-0.1, -0.05) is 55.1 Å². The Hall–Kier alpha value is -2.07. The Kier molecular flexibility index (Phi) is 4.82. The van der Waals surface area contributed by atoms with Crippen LogP contribution in [-0.2, 0) is 17.6 Å². The van der Waals surface area contributed by atoms with E-state index in [-0.39, 0.29) is 11.2 Å². The van der Waals surface area contributed by atoms with Crippen LogP contribution in [0.25, 0.3) is 0 Å². The second-order valence-electron chi connectivity index (χ2n) is 5.66. The average Bonchev–Trinajstić information content (AvgIpc) is 2.90. The molecule has 1 heterocycles. The summed E-state index contributed by atoms with van der Waals surface area (Å²) in [5, 5.41) is 3.48. The highest BCUT2D eigenvalue weighted by Gasteiger charge is 2.30. The zero-order valence-electron chi connectivity index (χ0n) is 13.4. The van der Waals surface area contributed by atoms with Gasteiger partial charge in [-0.3, -0.25) is 4.79 Å². The van der Waals surface area contributed by atoms with E-state index in [1.54, 1.807) is 0 Å². The summed E-state index contributed by atoms with van der Waals surface area (Å²) in [5.41, 5.74) is 4.60. The van der Waals surface area contributed by atoms with E-state index in [2.05, 4.69) is 48.4 Å². The Morgan fingerprint density at radius 1 is 1.13 bits per heavy atom. The van der Waals surface area contributed by atoms with Crippen LogP contribution in [0.4, 0.5) is 5.69 Å². The first-order chi connectivity index (χ1) is 11.2. The Balaban J connectivity index is 1.71. The van der Waals surface area contributed by atoms with E-state index in [1.165, 1.54) is 28.5 Å². The second kappa shape index (κ2) is 7.01. The van der Waals surface area contributed by atoms with Gasteiger partial charge in [0, 0.05) is 0 Å². The maximum Gasteiger partial charge on any atom is 0.239 e. The standard InChI is InChI=1S/C19H20N2OS/c1-3-14-8-10-16(11-9-14)20-19-21-18(22)17(23-19)12-15-7-5-4-6-13(15)2/h4-11,17H,3,12H2,1-2H3,(H,20,21,22). The van der Waals surface area contributed by atoms with Gasteiger partial charge >= 0.3 is 0 Å². The molecular formula is C19H20N2OS. The third kappa shape index (κ3) is 3.82. The van der Waals surface area contributed by atoms with Crippen molar-refractivity contribution in [3.63, 3.8) is 0 Å². The summed E-state index contributed by atoms with van der Waals surface area (Å²) < 4.78 is 0. The third-order valence-corrected chi connectivity index (χ3v) is 5.10. The van der Waals surface area contributed by atoms with Crippen LogP contribution in [0.15, 0.2) is 53.5 Å². The highest BCUT2D eigenvalue weighted by Crippen LogP contribution is 2.26. The molecule has 3 rings (SSSR count). The molecule has 1 fully saturated rings. The fourth-order valence-electron chi connectivity index (χ4n) is 2.55. The SMILES string of the molecule is CCc1ccc(N=C2NC(=O)C(Cc3ccccc3C)S2)cc1. The van der Waals surface area contributed by atoms with Gasteiger partial charge in [0.1, 0.15) is 0 Å². The van der Waals surface area contributed by atoms with E-state index in [0.717, 1.165) is 18.5 Å². The van der Waals surface area contributed by atoms with Crippen LogP contribution in [0.5, 0.6) is 0 Å². The molecule has 2 aromatic rings. The smallest absolute Gasteiger partial charge is 0.239 e. The number of benzene rings is 2. The molecule has 0 saturated carbocycles. The third-order valence-electron chi connectivity index (χ3n) is 4.02. The summed E-state index contributed by atoms with van der Waals surface area (Å²) in [4.78, 5) is 16.7. The summed E-state index contributed by atoms with van der Waals surface area (Å²) in [6, 6.07) is 16.3. The molecule has 1 atom stereocenters. The summed E-state index contributed by atoms with van der Waals surface area (Å²) in [6.07, 6.45) is 1.75. The predicted octanol–water partition coefficient (Wildman–Crippen LogP) is 4.02. The summed E-state index contributed by atoms with van der Waals surface area (Å²) >= 11 is 1.52.